The van der Waals surface area contributed by atoms with E-state index in [9.17, 15) is 9.18 Å². The Morgan fingerprint density at radius 3 is 2.61 bits per heavy atom. The molecule has 8 heteroatoms. The van der Waals surface area contributed by atoms with E-state index in [0.717, 1.165) is 22.3 Å². The van der Waals surface area contributed by atoms with Crippen LogP contribution >= 0.6 is 11.6 Å². The number of alkyl halides is 1. The molecule has 0 fully saturated rings. The van der Waals surface area contributed by atoms with Crippen molar-refractivity contribution in [2.24, 2.45) is 0 Å². The second-order valence-electron chi connectivity index (χ2n) is 7.61. The summed E-state index contributed by atoms with van der Waals surface area (Å²) in [4.78, 5) is 17.1. The maximum atomic E-state index is 13.2. The molecular weight excluding hydrogens is 443 g/mol. The van der Waals surface area contributed by atoms with E-state index in [1.54, 1.807) is 30.7 Å². The van der Waals surface area contributed by atoms with Crippen LogP contribution < -0.4 is 5.69 Å². The standard InChI is InChI=1S/C25H20ClFN4O2/c26-19-3-1-17(2-4-19)22-11-14-30-24(23(22)18-9-12-28-13-10-18)29-31(25(30)32)15-16-33-21-7-5-20(27)6-8-21/h1-5,7-14,20H,6,15-16H2. The Kier molecular flexibility index (Phi) is 5.79. The van der Waals surface area contributed by atoms with Crippen LogP contribution in [-0.2, 0) is 11.3 Å². The first-order valence-corrected chi connectivity index (χ1v) is 10.9. The Morgan fingerprint density at radius 2 is 1.88 bits per heavy atom. The van der Waals surface area contributed by atoms with Gasteiger partial charge in [0.1, 0.15) is 18.5 Å². The lowest BCUT2D eigenvalue weighted by molar-refractivity contribution is 0.202. The summed E-state index contributed by atoms with van der Waals surface area (Å²) in [5, 5.41) is 5.28. The van der Waals surface area contributed by atoms with E-state index in [1.165, 1.54) is 15.2 Å². The van der Waals surface area contributed by atoms with Gasteiger partial charge in [-0.1, -0.05) is 23.7 Å². The van der Waals surface area contributed by atoms with E-state index in [1.807, 2.05) is 42.5 Å². The highest BCUT2D eigenvalue weighted by molar-refractivity contribution is 6.30. The average molecular weight is 463 g/mol. The number of ether oxygens (including phenoxy) is 1. The minimum absolute atomic E-state index is 0.242. The van der Waals surface area contributed by atoms with E-state index in [2.05, 4.69) is 10.1 Å². The van der Waals surface area contributed by atoms with Gasteiger partial charge in [0, 0.05) is 35.6 Å². The van der Waals surface area contributed by atoms with Crippen LogP contribution in [0.15, 0.2) is 89.8 Å². The summed E-state index contributed by atoms with van der Waals surface area (Å²) in [6, 6.07) is 13.2. The number of fused-ring (bicyclic) bond motifs is 1. The Balaban J connectivity index is 1.53. The second-order valence-corrected chi connectivity index (χ2v) is 8.05. The fraction of sp³-hybridized carbons (Fsp3) is 0.160. The highest BCUT2D eigenvalue weighted by atomic mass is 35.5. The Bertz CT molecular complexity index is 1410. The lowest BCUT2D eigenvalue weighted by Crippen LogP contribution is -2.23. The smallest absolute Gasteiger partial charge is 0.350 e. The number of hydrogen-bond acceptors (Lipinski definition) is 4. The second kappa shape index (κ2) is 9.03. The molecule has 0 N–H and O–H groups in total. The van der Waals surface area contributed by atoms with Crippen molar-refractivity contribution >= 4 is 17.2 Å². The zero-order valence-electron chi connectivity index (χ0n) is 17.6. The summed E-state index contributed by atoms with van der Waals surface area (Å²) in [6.07, 6.45) is 9.25. The van der Waals surface area contributed by atoms with Crippen molar-refractivity contribution in [3.8, 4) is 22.3 Å². The molecule has 3 aromatic heterocycles. The lowest BCUT2D eigenvalue weighted by atomic mass is 9.96. The van der Waals surface area contributed by atoms with Crippen molar-refractivity contribution in [3.05, 3.63) is 101 Å². The molecule has 0 spiro atoms. The molecule has 0 saturated heterocycles. The fourth-order valence-corrected chi connectivity index (χ4v) is 3.95. The number of halogens is 2. The first-order valence-electron chi connectivity index (χ1n) is 10.5. The normalized spacial score (nSPS) is 15.6. The van der Waals surface area contributed by atoms with Crippen molar-refractivity contribution in [2.75, 3.05) is 6.61 Å². The number of nitrogens with zero attached hydrogens (tertiary/aromatic N) is 4. The predicted molar refractivity (Wildman–Crippen MR) is 126 cm³/mol. The summed E-state index contributed by atoms with van der Waals surface area (Å²) in [6.45, 7) is 0.502. The third-order valence-electron chi connectivity index (χ3n) is 5.46. The molecule has 0 radical (unpaired) electrons. The highest BCUT2D eigenvalue weighted by Crippen LogP contribution is 2.34. The van der Waals surface area contributed by atoms with Crippen molar-refractivity contribution < 1.29 is 9.13 Å². The van der Waals surface area contributed by atoms with Gasteiger partial charge in [0.25, 0.3) is 0 Å². The van der Waals surface area contributed by atoms with E-state index in [-0.39, 0.29) is 18.8 Å². The van der Waals surface area contributed by atoms with E-state index >= 15 is 0 Å². The van der Waals surface area contributed by atoms with Crippen LogP contribution in [0.5, 0.6) is 0 Å². The Labute approximate surface area is 194 Å². The number of pyridine rings is 2. The molecule has 5 rings (SSSR count). The zero-order valence-corrected chi connectivity index (χ0v) is 18.3. The molecule has 4 aromatic rings. The summed E-state index contributed by atoms with van der Waals surface area (Å²) in [7, 11) is 0. The van der Waals surface area contributed by atoms with Gasteiger partial charge in [0.15, 0.2) is 5.65 Å². The lowest BCUT2D eigenvalue weighted by Gasteiger charge is -2.11. The Hall–Kier alpha value is -3.71. The SMILES string of the molecule is O=c1n(CCOC2=CCC(F)C=C2)nc2c(-c3ccncc3)c(-c3ccc(Cl)cc3)ccn12. The molecule has 0 bridgehead atoms. The van der Waals surface area contributed by atoms with Crippen molar-refractivity contribution in [1.82, 2.24) is 19.2 Å². The maximum absolute atomic E-state index is 13.2. The average Bonchev–Trinajstić information content (AvgIpc) is 3.16. The largest absolute Gasteiger partial charge is 0.492 e. The van der Waals surface area contributed by atoms with Gasteiger partial charge in [-0.2, -0.15) is 0 Å². The van der Waals surface area contributed by atoms with Gasteiger partial charge in [-0.3, -0.25) is 4.98 Å². The zero-order chi connectivity index (χ0) is 22.8. The number of allylic oxidation sites excluding steroid dienone is 3. The molecule has 1 aliphatic rings. The van der Waals surface area contributed by atoms with Crippen LogP contribution in [0.4, 0.5) is 4.39 Å². The summed E-state index contributed by atoms with van der Waals surface area (Å²) < 4.78 is 21.8. The molecule has 0 aliphatic heterocycles. The third-order valence-corrected chi connectivity index (χ3v) is 5.72. The van der Waals surface area contributed by atoms with E-state index < -0.39 is 6.17 Å². The molecule has 1 aliphatic carbocycles. The molecule has 3 heterocycles. The summed E-state index contributed by atoms with van der Waals surface area (Å²) >= 11 is 6.08. The molecule has 0 amide bonds. The van der Waals surface area contributed by atoms with Crippen molar-refractivity contribution in [1.29, 1.82) is 0 Å². The fourth-order valence-electron chi connectivity index (χ4n) is 3.83. The van der Waals surface area contributed by atoms with Gasteiger partial charge in [0.2, 0.25) is 0 Å². The first kappa shape index (κ1) is 21.2. The number of hydrogen-bond donors (Lipinski definition) is 0. The Morgan fingerprint density at radius 1 is 1.09 bits per heavy atom. The van der Waals surface area contributed by atoms with Crippen LogP contribution in [0.2, 0.25) is 5.02 Å². The topological polar surface area (TPSA) is 61.4 Å². The van der Waals surface area contributed by atoms with Gasteiger partial charge in [-0.25, -0.2) is 18.3 Å². The third kappa shape index (κ3) is 4.32. The molecule has 0 saturated carbocycles. The van der Waals surface area contributed by atoms with Gasteiger partial charge in [-0.05, 0) is 65.3 Å². The molecule has 1 unspecified atom stereocenters. The molecule has 6 nitrogen and oxygen atoms in total. The van der Waals surface area contributed by atoms with Crippen LogP contribution in [0.1, 0.15) is 6.42 Å². The molecule has 1 atom stereocenters. The van der Waals surface area contributed by atoms with E-state index in [0.29, 0.717) is 22.8 Å². The van der Waals surface area contributed by atoms with Crippen LogP contribution in [0.3, 0.4) is 0 Å². The van der Waals surface area contributed by atoms with E-state index in [4.69, 9.17) is 16.3 Å². The summed E-state index contributed by atoms with van der Waals surface area (Å²) in [5.41, 5.74) is 3.88. The minimum atomic E-state index is -0.972. The minimum Gasteiger partial charge on any atom is -0.492 e. The van der Waals surface area contributed by atoms with Crippen LogP contribution in [-0.4, -0.2) is 31.9 Å². The van der Waals surface area contributed by atoms with Crippen molar-refractivity contribution in [2.45, 2.75) is 19.1 Å². The monoisotopic (exact) mass is 462 g/mol. The van der Waals surface area contributed by atoms with Crippen LogP contribution in [0, 0.1) is 0 Å². The number of aromatic nitrogens is 4. The number of benzene rings is 1. The first-order chi connectivity index (χ1) is 16.1. The summed E-state index contributed by atoms with van der Waals surface area (Å²) in [5.74, 6) is 0.600. The van der Waals surface area contributed by atoms with Gasteiger partial charge < -0.3 is 4.74 Å². The highest BCUT2D eigenvalue weighted by Gasteiger charge is 2.17. The molecule has 166 valence electrons. The van der Waals surface area contributed by atoms with Gasteiger partial charge >= 0.3 is 5.69 Å². The van der Waals surface area contributed by atoms with Crippen molar-refractivity contribution in [3.63, 3.8) is 0 Å². The maximum Gasteiger partial charge on any atom is 0.350 e. The quantitative estimate of drug-likeness (QED) is 0.401. The molecule has 1 aromatic carbocycles. The van der Waals surface area contributed by atoms with Crippen LogP contribution in [0.25, 0.3) is 27.9 Å². The predicted octanol–water partition coefficient (Wildman–Crippen LogP) is 5.08. The molecule has 33 heavy (non-hydrogen) atoms. The van der Waals surface area contributed by atoms with Gasteiger partial charge in [-0.15, -0.1) is 5.10 Å². The number of rotatable bonds is 6. The molecular formula is C25H20ClFN4O2. The van der Waals surface area contributed by atoms with Gasteiger partial charge in [0.05, 0.1) is 6.54 Å².